The van der Waals surface area contributed by atoms with Crippen LogP contribution in [-0.4, -0.2) is 35.0 Å². The van der Waals surface area contributed by atoms with Crippen molar-refractivity contribution in [3.8, 4) is 0 Å². The topological polar surface area (TPSA) is 57.6 Å². The summed E-state index contributed by atoms with van der Waals surface area (Å²) < 4.78 is 0. The first-order valence-corrected chi connectivity index (χ1v) is 13.2. The fourth-order valence-electron chi connectivity index (χ4n) is 5.96. The van der Waals surface area contributed by atoms with E-state index in [1.165, 1.54) is 48.8 Å². The van der Waals surface area contributed by atoms with Gasteiger partial charge >= 0.3 is 5.97 Å². The number of aliphatic carboxylic acids is 1. The molecule has 4 nitrogen and oxygen atoms in total. The first-order valence-electron chi connectivity index (χ1n) is 13.2. The van der Waals surface area contributed by atoms with Crippen LogP contribution in [0.1, 0.15) is 105 Å². The van der Waals surface area contributed by atoms with Crippen LogP contribution < -0.4 is 0 Å². The number of amides is 1. The molecule has 0 atom stereocenters. The Morgan fingerprint density at radius 3 is 1.68 bits per heavy atom. The van der Waals surface area contributed by atoms with Gasteiger partial charge in [0.05, 0.1) is 6.42 Å². The van der Waals surface area contributed by atoms with Gasteiger partial charge in [0.15, 0.2) is 0 Å². The molecule has 0 spiro atoms. The van der Waals surface area contributed by atoms with E-state index in [1.807, 2.05) is 17.1 Å². The van der Waals surface area contributed by atoms with E-state index >= 15 is 0 Å². The average molecular weight is 470 g/mol. The maximum absolute atomic E-state index is 12.4. The van der Waals surface area contributed by atoms with E-state index in [4.69, 9.17) is 5.11 Å². The lowest BCUT2D eigenvalue weighted by atomic mass is 9.70. The maximum Gasteiger partial charge on any atom is 0.307 e. The molecule has 3 aliphatic rings. The first-order chi connectivity index (χ1) is 16.0. The lowest BCUT2D eigenvalue weighted by Gasteiger charge is -2.36. The Labute approximate surface area is 207 Å². The van der Waals surface area contributed by atoms with Gasteiger partial charge in [-0.3, -0.25) is 9.59 Å². The Morgan fingerprint density at radius 2 is 1.26 bits per heavy atom. The third kappa shape index (κ3) is 7.71. The monoisotopic (exact) mass is 469 g/mol. The van der Waals surface area contributed by atoms with Gasteiger partial charge in [-0.1, -0.05) is 62.1 Å². The van der Waals surface area contributed by atoms with E-state index in [9.17, 15) is 9.59 Å². The van der Waals surface area contributed by atoms with Gasteiger partial charge in [0.25, 0.3) is 0 Å². The molecule has 1 heterocycles. The second-order valence-electron chi connectivity index (χ2n) is 11.5. The minimum Gasteiger partial charge on any atom is -0.481 e. The predicted octanol–water partition coefficient (Wildman–Crippen LogP) is 7.63. The van der Waals surface area contributed by atoms with Gasteiger partial charge in [-0.05, 0) is 75.0 Å². The fourth-order valence-corrected chi connectivity index (χ4v) is 5.96. The SMILES string of the molecule is C=CCC1=C(CC(=O)N2CCCC2)C(C)(C)CCC1.C=CCC1=C(CC(=O)O)C(C)(C)CCC1. The highest BCUT2D eigenvalue weighted by molar-refractivity contribution is 5.79. The molecule has 2 aliphatic carbocycles. The van der Waals surface area contributed by atoms with Gasteiger partial charge in [0, 0.05) is 19.5 Å². The number of nitrogens with zero attached hydrogens (tertiary/aromatic N) is 1. The zero-order chi connectivity index (χ0) is 25.4. The summed E-state index contributed by atoms with van der Waals surface area (Å²) in [6.07, 6.45) is 15.7. The Kier molecular flexibility index (Phi) is 10.4. The summed E-state index contributed by atoms with van der Waals surface area (Å²) >= 11 is 0. The van der Waals surface area contributed by atoms with E-state index in [-0.39, 0.29) is 17.3 Å². The van der Waals surface area contributed by atoms with Gasteiger partial charge in [-0.15, -0.1) is 13.2 Å². The third-order valence-corrected chi connectivity index (χ3v) is 7.94. The Balaban J connectivity index is 0.000000248. The van der Waals surface area contributed by atoms with Crippen LogP contribution in [0, 0.1) is 10.8 Å². The third-order valence-electron chi connectivity index (χ3n) is 7.94. The summed E-state index contributed by atoms with van der Waals surface area (Å²) in [5.74, 6) is -0.384. The number of hydrogen-bond acceptors (Lipinski definition) is 2. The van der Waals surface area contributed by atoms with Gasteiger partial charge in [0.2, 0.25) is 5.91 Å². The highest BCUT2D eigenvalue weighted by Gasteiger charge is 2.32. The van der Waals surface area contributed by atoms with E-state index in [0.717, 1.165) is 50.8 Å². The molecule has 0 saturated carbocycles. The second kappa shape index (κ2) is 12.6. The number of hydrogen-bond donors (Lipinski definition) is 1. The second-order valence-corrected chi connectivity index (χ2v) is 11.5. The van der Waals surface area contributed by atoms with Gasteiger partial charge in [0.1, 0.15) is 0 Å². The van der Waals surface area contributed by atoms with E-state index < -0.39 is 5.97 Å². The lowest BCUT2D eigenvalue weighted by Crippen LogP contribution is -2.31. The number of carboxylic acids is 1. The fraction of sp³-hybridized carbons (Fsp3) is 0.667. The summed E-state index contributed by atoms with van der Waals surface area (Å²) in [6, 6.07) is 0. The van der Waals surface area contributed by atoms with Gasteiger partial charge < -0.3 is 10.0 Å². The van der Waals surface area contributed by atoms with Crippen molar-refractivity contribution in [3.05, 3.63) is 47.6 Å². The average Bonchev–Trinajstić information content (AvgIpc) is 3.28. The zero-order valence-corrected chi connectivity index (χ0v) is 22.2. The van der Waals surface area contributed by atoms with E-state index in [0.29, 0.717) is 12.3 Å². The normalized spacial score (nSPS) is 21.6. The molecule has 0 bridgehead atoms. The highest BCUT2D eigenvalue weighted by atomic mass is 16.4. The van der Waals surface area contributed by atoms with Crippen LogP contribution in [-0.2, 0) is 9.59 Å². The minimum atomic E-state index is -0.721. The molecule has 190 valence electrons. The van der Waals surface area contributed by atoms with Crippen LogP contribution in [0.4, 0.5) is 0 Å². The number of allylic oxidation sites excluding steroid dienone is 4. The smallest absolute Gasteiger partial charge is 0.307 e. The maximum atomic E-state index is 12.4. The van der Waals surface area contributed by atoms with Crippen LogP contribution in [0.3, 0.4) is 0 Å². The molecule has 1 N–H and O–H groups in total. The van der Waals surface area contributed by atoms with Crippen molar-refractivity contribution < 1.29 is 14.7 Å². The van der Waals surface area contributed by atoms with E-state index in [1.54, 1.807) is 0 Å². The molecule has 4 heteroatoms. The Bertz CT molecular complexity index is 822. The van der Waals surface area contributed by atoms with E-state index in [2.05, 4.69) is 40.9 Å². The molecule has 0 aromatic rings. The molecule has 0 aromatic carbocycles. The highest BCUT2D eigenvalue weighted by Crippen LogP contribution is 2.44. The minimum absolute atomic E-state index is 0.0506. The molecule has 0 unspecified atom stereocenters. The number of carbonyl (C=O) groups is 2. The summed E-state index contributed by atoms with van der Waals surface area (Å²) in [5, 5.41) is 8.92. The number of likely N-dealkylation sites (tertiary alicyclic amines) is 1. The largest absolute Gasteiger partial charge is 0.481 e. The summed E-state index contributed by atoms with van der Waals surface area (Å²) in [6.45, 7) is 18.4. The van der Waals surface area contributed by atoms with Crippen LogP contribution in [0.15, 0.2) is 47.6 Å². The molecule has 0 radical (unpaired) electrons. The molecule has 3 rings (SSSR count). The summed E-state index contributed by atoms with van der Waals surface area (Å²) in [7, 11) is 0. The zero-order valence-electron chi connectivity index (χ0n) is 22.2. The van der Waals surface area contributed by atoms with Crippen molar-refractivity contribution in [3.63, 3.8) is 0 Å². The molecule has 34 heavy (non-hydrogen) atoms. The number of carboxylic acid groups (broad SMARTS) is 1. The Hall–Kier alpha value is -2.10. The van der Waals surface area contributed by atoms with Crippen molar-refractivity contribution in [2.45, 2.75) is 105 Å². The molecule has 1 saturated heterocycles. The molecule has 1 aliphatic heterocycles. The lowest BCUT2D eigenvalue weighted by molar-refractivity contribution is -0.136. The van der Waals surface area contributed by atoms with Crippen LogP contribution in [0.25, 0.3) is 0 Å². The summed E-state index contributed by atoms with van der Waals surface area (Å²) in [4.78, 5) is 25.3. The summed E-state index contributed by atoms with van der Waals surface area (Å²) in [5.41, 5.74) is 5.53. The van der Waals surface area contributed by atoms with Crippen LogP contribution in [0.2, 0.25) is 0 Å². The predicted molar refractivity (Wildman–Crippen MR) is 142 cm³/mol. The molecule has 0 aromatic heterocycles. The Morgan fingerprint density at radius 1 is 0.824 bits per heavy atom. The standard InChI is InChI=1S/C17H27NO.C13H20O2/c1-4-8-14-9-7-10-17(2,3)15(14)13-16(19)18-11-5-6-12-18;1-4-6-10-7-5-8-13(2,3)11(10)9-12(14)15/h4H,1,5-13H2,2-3H3;4H,1,5-9H2,2-3H3,(H,14,15). The van der Waals surface area contributed by atoms with Crippen LogP contribution in [0.5, 0.6) is 0 Å². The quantitative estimate of drug-likeness (QED) is 0.372. The van der Waals surface area contributed by atoms with Crippen molar-refractivity contribution in [1.29, 1.82) is 0 Å². The number of carbonyl (C=O) groups excluding carboxylic acids is 1. The first kappa shape index (κ1) is 28.1. The van der Waals surface area contributed by atoms with Crippen molar-refractivity contribution in [1.82, 2.24) is 4.90 Å². The van der Waals surface area contributed by atoms with Crippen molar-refractivity contribution >= 4 is 11.9 Å². The molecular weight excluding hydrogens is 422 g/mol. The van der Waals surface area contributed by atoms with Gasteiger partial charge in [-0.25, -0.2) is 0 Å². The molecule has 1 fully saturated rings. The van der Waals surface area contributed by atoms with Crippen molar-refractivity contribution in [2.24, 2.45) is 10.8 Å². The van der Waals surface area contributed by atoms with Crippen LogP contribution >= 0.6 is 0 Å². The molecule has 1 amide bonds. The number of rotatable bonds is 8. The van der Waals surface area contributed by atoms with Gasteiger partial charge in [-0.2, -0.15) is 0 Å². The molecular formula is C30H47NO3. The van der Waals surface area contributed by atoms with Crippen molar-refractivity contribution in [2.75, 3.05) is 13.1 Å².